The van der Waals surface area contributed by atoms with Crippen molar-refractivity contribution in [2.75, 3.05) is 32.8 Å². The summed E-state index contributed by atoms with van der Waals surface area (Å²) in [6.07, 6.45) is 1.58. The van der Waals surface area contributed by atoms with Crippen LogP contribution < -0.4 is 10.6 Å². The average molecular weight is 313 g/mol. The van der Waals surface area contributed by atoms with Crippen LogP contribution in [0.25, 0.3) is 0 Å². The molecular formula is C16H31N3O3. The molecule has 0 saturated carbocycles. The molecule has 1 fully saturated rings. The van der Waals surface area contributed by atoms with Gasteiger partial charge in [0, 0.05) is 19.6 Å². The standard InChI is InChI=1S/C16H31N3O3/c1-12(2)5-6-17-16(21)18-14(11-13(3)4)15(20)19-7-9-22-10-8-19/h12-14H,5-11H2,1-4H3,(H2,17,18,21)/t14-/m0/s1. The number of hydrogen-bond donors (Lipinski definition) is 2. The fourth-order valence-electron chi connectivity index (χ4n) is 2.38. The quantitative estimate of drug-likeness (QED) is 0.750. The third-order valence-electron chi connectivity index (χ3n) is 3.64. The normalized spacial score (nSPS) is 16.7. The summed E-state index contributed by atoms with van der Waals surface area (Å²) in [5.74, 6) is 0.878. The molecule has 1 aliphatic heterocycles. The molecule has 1 aliphatic rings. The number of carbonyl (C=O) groups is 2. The van der Waals surface area contributed by atoms with Gasteiger partial charge in [0.05, 0.1) is 13.2 Å². The second-order valence-electron chi connectivity index (χ2n) is 6.70. The maximum absolute atomic E-state index is 12.6. The maximum Gasteiger partial charge on any atom is 0.315 e. The third kappa shape index (κ3) is 7.11. The zero-order valence-corrected chi connectivity index (χ0v) is 14.4. The summed E-state index contributed by atoms with van der Waals surface area (Å²) in [5, 5.41) is 5.67. The van der Waals surface area contributed by atoms with Crippen LogP contribution in [0.5, 0.6) is 0 Å². The first kappa shape index (κ1) is 18.7. The van der Waals surface area contributed by atoms with E-state index in [0.717, 1.165) is 6.42 Å². The van der Waals surface area contributed by atoms with E-state index in [0.29, 0.717) is 51.1 Å². The van der Waals surface area contributed by atoms with E-state index >= 15 is 0 Å². The number of nitrogens with zero attached hydrogens (tertiary/aromatic N) is 1. The van der Waals surface area contributed by atoms with Gasteiger partial charge in [0.15, 0.2) is 0 Å². The third-order valence-corrected chi connectivity index (χ3v) is 3.64. The number of amides is 3. The number of carbonyl (C=O) groups excluding carboxylic acids is 2. The molecule has 1 heterocycles. The summed E-state index contributed by atoms with van der Waals surface area (Å²) < 4.78 is 5.27. The van der Waals surface area contributed by atoms with Crippen molar-refractivity contribution in [2.45, 2.75) is 46.6 Å². The molecule has 1 atom stereocenters. The summed E-state index contributed by atoms with van der Waals surface area (Å²) in [7, 11) is 0. The lowest BCUT2D eigenvalue weighted by Gasteiger charge is -2.31. The highest BCUT2D eigenvalue weighted by Crippen LogP contribution is 2.09. The smallest absolute Gasteiger partial charge is 0.315 e. The Morgan fingerprint density at radius 3 is 2.27 bits per heavy atom. The van der Waals surface area contributed by atoms with Crippen LogP contribution in [0, 0.1) is 11.8 Å². The largest absolute Gasteiger partial charge is 0.378 e. The van der Waals surface area contributed by atoms with E-state index in [2.05, 4.69) is 38.3 Å². The Morgan fingerprint density at radius 1 is 1.09 bits per heavy atom. The molecule has 6 heteroatoms. The van der Waals surface area contributed by atoms with E-state index in [1.54, 1.807) is 4.90 Å². The lowest BCUT2D eigenvalue weighted by Crippen LogP contribution is -2.54. The van der Waals surface area contributed by atoms with Crippen LogP contribution in [0.15, 0.2) is 0 Å². The zero-order chi connectivity index (χ0) is 16.5. The average Bonchev–Trinajstić information content (AvgIpc) is 2.46. The van der Waals surface area contributed by atoms with Crippen LogP contribution in [0.1, 0.15) is 40.5 Å². The number of rotatable bonds is 7. The van der Waals surface area contributed by atoms with Gasteiger partial charge in [-0.25, -0.2) is 4.79 Å². The lowest BCUT2D eigenvalue weighted by molar-refractivity contribution is -0.137. The van der Waals surface area contributed by atoms with Gasteiger partial charge in [-0.15, -0.1) is 0 Å². The molecule has 0 aromatic heterocycles. The van der Waals surface area contributed by atoms with Gasteiger partial charge < -0.3 is 20.3 Å². The summed E-state index contributed by atoms with van der Waals surface area (Å²) in [6.45, 7) is 11.3. The minimum Gasteiger partial charge on any atom is -0.378 e. The monoisotopic (exact) mass is 313 g/mol. The fraction of sp³-hybridized carbons (Fsp3) is 0.875. The minimum absolute atomic E-state index is 0.00369. The van der Waals surface area contributed by atoms with Gasteiger partial charge in [0.25, 0.3) is 0 Å². The predicted octanol–water partition coefficient (Wildman–Crippen LogP) is 1.61. The number of urea groups is 1. The van der Waals surface area contributed by atoms with E-state index in [9.17, 15) is 9.59 Å². The van der Waals surface area contributed by atoms with Crippen molar-refractivity contribution in [1.29, 1.82) is 0 Å². The van der Waals surface area contributed by atoms with Crippen LogP contribution in [-0.2, 0) is 9.53 Å². The Hall–Kier alpha value is -1.30. The van der Waals surface area contributed by atoms with E-state index in [-0.39, 0.29) is 11.9 Å². The minimum atomic E-state index is -0.461. The van der Waals surface area contributed by atoms with Gasteiger partial charge in [-0.1, -0.05) is 27.7 Å². The molecule has 1 rings (SSSR count). The highest BCUT2D eigenvalue weighted by atomic mass is 16.5. The SMILES string of the molecule is CC(C)CCNC(=O)N[C@@H](CC(C)C)C(=O)N1CCOCC1. The van der Waals surface area contributed by atoms with Gasteiger partial charge in [-0.2, -0.15) is 0 Å². The molecule has 0 aromatic carbocycles. The Labute approximate surface area is 134 Å². The molecular weight excluding hydrogens is 282 g/mol. The summed E-state index contributed by atoms with van der Waals surface area (Å²) in [4.78, 5) is 26.3. The van der Waals surface area contributed by atoms with Crippen molar-refractivity contribution in [3.8, 4) is 0 Å². The van der Waals surface area contributed by atoms with E-state index in [4.69, 9.17) is 4.74 Å². The highest BCUT2D eigenvalue weighted by Gasteiger charge is 2.27. The van der Waals surface area contributed by atoms with Crippen LogP contribution >= 0.6 is 0 Å². The number of morpholine rings is 1. The summed E-state index contributed by atoms with van der Waals surface area (Å²) >= 11 is 0. The molecule has 0 unspecified atom stereocenters. The van der Waals surface area contributed by atoms with Gasteiger partial charge in [0.1, 0.15) is 6.04 Å². The van der Waals surface area contributed by atoms with Crippen molar-refractivity contribution in [3.05, 3.63) is 0 Å². The van der Waals surface area contributed by atoms with Crippen LogP contribution in [0.2, 0.25) is 0 Å². The number of nitrogens with one attached hydrogen (secondary N) is 2. The summed E-state index contributed by atoms with van der Waals surface area (Å²) in [5.41, 5.74) is 0. The Bertz CT molecular complexity index is 353. The van der Waals surface area contributed by atoms with Gasteiger partial charge >= 0.3 is 6.03 Å². The molecule has 2 N–H and O–H groups in total. The predicted molar refractivity (Wildman–Crippen MR) is 86.6 cm³/mol. The molecule has 0 spiro atoms. The summed E-state index contributed by atoms with van der Waals surface area (Å²) in [6, 6.07) is -0.718. The van der Waals surface area contributed by atoms with Crippen molar-refractivity contribution in [2.24, 2.45) is 11.8 Å². The highest BCUT2D eigenvalue weighted by molar-refractivity contribution is 5.87. The Kier molecular flexibility index (Phi) is 8.24. The van der Waals surface area contributed by atoms with Crippen molar-refractivity contribution >= 4 is 11.9 Å². The van der Waals surface area contributed by atoms with E-state index < -0.39 is 6.04 Å². The molecule has 3 amide bonds. The molecule has 128 valence electrons. The van der Waals surface area contributed by atoms with Crippen molar-refractivity contribution in [3.63, 3.8) is 0 Å². The zero-order valence-electron chi connectivity index (χ0n) is 14.4. The van der Waals surface area contributed by atoms with E-state index in [1.807, 2.05) is 0 Å². The Morgan fingerprint density at radius 2 is 1.73 bits per heavy atom. The molecule has 22 heavy (non-hydrogen) atoms. The topological polar surface area (TPSA) is 70.7 Å². The number of hydrogen-bond acceptors (Lipinski definition) is 3. The Balaban J connectivity index is 2.51. The molecule has 0 radical (unpaired) electrons. The number of ether oxygens (including phenoxy) is 1. The molecule has 1 saturated heterocycles. The fourth-order valence-corrected chi connectivity index (χ4v) is 2.38. The molecule has 6 nitrogen and oxygen atoms in total. The molecule has 0 aliphatic carbocycles. The first-order valence-corrected chi connectivity index (χ1v) is 8.31. The maximum atomic E-state index is 12.6. The second-order valence-corrected chi connectivity index (χ2v) is 6.70. The van der Waals surface area contributed by atoms with Crippen molar-refractivity contribution < 1.29 is 14.3 Å². The van der Waals surface area contributed by atoms with E-state index in [1.165, 1.54) is 0 Å². The van der Waals surface area contributed by atoms with Gasteiger partial charge in [0.2, 0.25) is 5.91 Å². The van der Waals surface area contributed by atoms with Gasteiger partial charge in [-0.05, 0) is 24.7 Å². The second kappa shape index (κ2) is 9.66. The molecule has 0 aromatic rings. The van der Waals surface area contributed by atoms with Crippen LogP contribution in [0.3, 0.4) is 0 Å². The first-order valence-electron chi connectivity index (χ1n) is 8.31. The van der Waals surface area contributed by atoms with Crippen molar-refractivity contribution in [1.82, 2.24) is 15.5 Å². The first-order chi connectivity index (χ1) is 10.4. The van der Waals surface area contributed by atoms with Crippen LogP contribution in [0.4, 0.5) is 4.79 Å². The van der Waals surface area contributed by atoms with Gasteiger partial charge in [-0.3, -0.25) is 4.79 Å². The lowest BCUT2D eigenvalue weighted by atomic mass is 10.0. The van der Waals surface area contributed by atoms with Crippen LogP contribution in [-0.4, -0.2) is 55.7 Å². The molecule has 0 bridgehead atoms.